The van der Waals surface area contributed by atoms with Crippen LogP contribution in [0, 0.1) is 26.6 Å². The molecular weight excluding hydrogens is 265 g/mol. The first-order valence-electron chi connectivity index (χ1n) is 7.54. The zero-order valence-corrected chi connectivity index (χ0v) is 13.3. The van der Waals surface area contributed by atoms with Crippen LogP contribution >= 0.6 is 0 Å². The van der Waals surface area contributed by atoms with Crippen molar-refractivity contribution in [2.75, 3.05) is 5.32 Å². The summed E-state index contributed by atoms with van der Waals surface area (Å²) in [4.78, 5) is 4.52. The first-order valence-corrected chi connectivity index (χ1v) is 7.54. The van der Waals surface area contributed by atoms with Crippen LogP contribution in [-0.4, -0.2) is 9.55 Å². The molecule has 3 nitrogen and oxygen atoms in total. The van der Waals surface area contributed by atoms with Crippen LogP contribution in [0.1, 0.15) is 42.1 Å². The van der Waals surface area contributed by atoms with Crippen LogP contribution in [0.2, 0.25) is 0 Å². The monoisotopic (exact) mass is 289 g/mol. The van der Waals surface area contributed by atoms with Gasteiger partial charge in [0.15, 0.2) is 0 Å². The summed E-state index contributed by atoms with van der Waals surface area (Å²) in [5.41, 5.74) is 3.48. The van der Waals surface area contributed by atoms with Gasteiger partial charge in [0.25, 0.3) is 0 Å². The molecule has 1 aromatic carbocycles. The fourth-order valence-electron chi connectivity index (χ4n) is 2.51. The van der Waals surface area contributed by atoms with Crippen LogP contribution in [0.5, 0.6) is 0 Å². The molecule has 0 fully saturated rings. The lowest BCUT2D eigenvalue weighted by molar-refractivity contribution is 0.608. The molecule has 0 aliphatic carbocycles. The molecule has 1 N–H and O–H groups in total. The predicted octanol–water partition coefficient (Wildman–Crippen LogP) is 4.36. The topological polar surface area (TPSA) is 29.9 Å². The van der Waals surface area contributed by atoms with E-state index in [0.29, 0.717) is 17.7 Å². The first kappa shape index (κ1) is 15.5. The average molecular weight is 289 g/mol. The summed E-state index contributed by atoms with van der Waals surface area (Å²) >= 11 is 0. The molecule has 0 amide bonds. The second kappa shape index (κ2) is 6.74. The van der Waals surface area contributed by atoms with Gasteiger partial charge in [-0.05, 0) is 43.9 Å². The number of anilines is 1. The van der Waals surface area contributed by atoms with Gasteiger partial charge in [-0.2, -0.15) is 0 Å². The smallest absolute Gasteiger partial charge is 0.203 e. The molecular formula is C17H24FN3. The van der Waals surface area contributed by atoms with E-state index in [-0.39, 0.29) is 5.82 Å². The van der Waals surface area contributed by atoms with Gasteiger partial charge in [-0.25, -0.2) is 9.37 Å². The van der Waals surface area contributed by atoms with Gasteiger partial charge in [0.2, 0.25) is 5.95 Å². The van der Waals surface area contributed by atoms with E-state index in [2.05, 4.69) is 28.0 Å². The Kier molecular flexibility index (Phi) is 4.99. The Morgan fingerprint density at radius 2 is 1.86 bits per heavy atom. The Bertz CT molecular complexity index is 593. The number of benzene rings is 1. The molecule has 21 heavy (non-hydrogen) atoms. The molecule has 114 valence electrons. The van der Waals surface area contributed by atoms with Crippen LogP contribution in [-0.2, 0) is 13.1 Å². The summed E-state index contributed by atoms with van der Waals surface area (Å²) < 4.78 is 15.8. The number of hydrogen-bond donors (Lipinski definition) is 1. The van der Waals surface area contributed by atoms with Crippen LogP contribution in [0.3, 0.4) is 0 Å². The number of unbranched alkanes of at least 4 members (excludes halogenated alkanes) is 1. The molecule has 4 heteroatoms. The molecule has 0 saturated carbocycles. The van der Waals surface area contributed by atoms with Crippen molar-refractivity contribution in [2.45, 2.75) is 53.6 Å². The maximum atomic E-state index is 13.6. The molecule has 0 spiro atoms. The highest BCUT2D eigenvalue weighted by molar-refractivity contribution is 5.35. The SMILES string of the molecule is CCCCn1cc(C)nc1NCc1cc(C)c(F)c(C)c1. The molecule has 0 saturated heterocycles. The fraction of sp³-hybridized carbons (Fsp3) is 0.471. The van der Waals surface area contributed by atoms with Crippen molar-refractivity contribution in [1.82, 2.24) is 9.55 Å². The van der Waals surface area contributed by atoms with Gasteiger partial charge < -0.3 is 9.88 Å². The number of imidazole rings is 1. The Morgan fingerprint density at radius 1 is 1.19 bits per heavy atom. The van der Waals surface area contributed by atoms with Crippen molar-refractivity contribution in [3.8, 4) is 0 Å². The van der Waals surface area contributed by atoms with E-state index >= 15 is 0 Å². The minimum atomic E-state index is -0.112. The maximum Gasteiger partial charge on any atom is 0.203 e. The third-order valence-electron chi connectivity index (χ3n) is 3.60. The molecule has 1 heterocycles. The lowest BCUT2D eigenvalue weighted by atomic mass is 10.1. The summed E-state index contributed by atoms with van der Waals surface area (Å²) in [6, 6.07) is 3.78. The molecule has 2 rings (SSSR count). The van der Waals surface area contributed by atoms with Crippen LogP contribution < -0.4 is 5.32 Å². The van der Waals surface area contributed by atoms with Crippen LogP contribution in [0.4, 0.5) is 10.3 Å². The number of nitrogens with zero attached hydrogens (tertiary/aromatic N) is 2. The third-order valence-corrected chi connectivity index (χ3v) is 3.60. The largest absolute Gasteiger partial charge is 0.352 e. The van der Waals surface area contributed by atoms with Crippen LogP contribution in [0.15, 0.2) is 18.3 Å². The zero-order chi connectivity index (χ0) is 15.4. The lowest BCUT2D eigenvalue weighted by Crippen LogP contribution is -2.08. The lowest BCUT2D eigenvalue weighted by Gasteiger charge is -2.11. The molecule has 0 bridgehead atoms. The number of aryl methyl sites for hydroxylation is 4. The molecule has 2 aromatic rings. The van der Waals surface area contributed by atoms with Crippen molar-refractivity contribution < 1.29 is 4.39 Å². The normalized spacial score (nSPS) is 10.9. The fourth-order valence-corrected chi connectivity index (χ4v) is 2.51. The third kappa shape index (κ3) is 3.84. The van der Waals surface area contributed by atoms with Crippen LogP contribution in [0.25, 0.3) is 0 Å². The van der Waals surface area contributed by atoms with Crippen molar-refractivity contribution in [2.24, 2.45) is 0 Å². The minimum absolute atomic E-state index is 0.112. The van der Waals surface area contributed by atoms with Gasteiger partial charge in [-0.3, -0.25) is 0 Å². The number of rotatable bonds is 6. The van der Waals surface area contributed by atoms with Gasteiger partial charge in [0.1, 0.15) is 5.82 Å². The van der Waals surface area contributed by atoms with E-state index in [4.69, 9.17) is 0 Å². The molecule has 0 atom stereocenters. The van der Waals surface area contributed by atoms with Crippen molar-refractivity contribution in [3.63, 3.8) is 0 Å². The second-order valence-corrected chi connectivity index (χ2v) is 5.65. The van der Waals surface area contributed by atoms with Gasteiger partial charge in [0.05, 0.1) is 5.69 Å². The van der Waals surface area contributed by atoms with E-state index < -0.39 is 0 Å². The standard InChI is InChI=1S/C17H24FN3/c1-5-6-7-21-11-14(4)20-17(21)19-10-15-8-12(2)16(18)13(3)9-15/h8-9,11H,5-7,10H2,1-4H3,(H,19,20). The Morgan fingerprint density at radius 3 is 2.48 bits per heavy atom. The molecule has 0 radical (unpaired) electrons. The summed E-state index contributed by atoms with van der Waals surface area (Å²) in [7, 11) is 0. The molecule has 1 aromatic heterocycles. The van der Waals surface area contributed by atoms with Crippen molar-refractivity contribution in [3.05, 3.63) is 46.5 Å². The number of aromatic nitrogens is 2. The van der Waals surface area contributed by atoms with E-state index in [0.717, 1.165) is 36.6 Å². The highest BCUT2D eigenvalue weighted by Crippen LogP contribution is 2.17. The van der Waals surface area contributed by atoms with Gasteiger partial charge >= 0.3 is 0 Å². The minimum Gasteiger partial charge on any atom is -0.352 e. The number of halogens is 1. The maximum absolute atomic E-state index is 13.6. The summed E-state index contributed by atoms with van der Waals surface area (Å²) in [6.07, 6.45) is 4.37. The average Bonchev–Trinajstić information content (AvgIpc) is 2.80. The first-order chi connectivity index (χ1) is 10.0. The van der Waals surface area contributed by atoms with Crippen molar-refractivity contribution in [1.29, 1.82) is 0 Å². The summed E-state index contributed by atoms with van der Waals surface area (Å²) in [5.74, 6) is 0.777. The van der Waals surface area contributed by atoms with Gasteiger partial charge in [-0.15, -0.1) is 0 Å². The molecule has 0 unspecified atom stereocenters. The van der Waals surface area contributed by atoms with E-state index in [1.807, 2.05) is 19.1 Å². The van der Waals surface area contributed by atoms with Gasteiger partial charge in [-0.1, -0.05) is 25.5 Å². The Balaban J connectivity index is 2.09. The molecule has 0 aliphatic heterocycles. The van der Waals surface area contributed by atoms with Gasteiger partial charge in [0, 0.05) is 19.3 Å². The summed E-state index contributed by atoms with van der Waals surface area (Å²) in [5, 5.41) is 3.36. The van der Waals surface area contributed by atoms with E-state index in [1.165, 1.54) is 0 Å². The Labute approximate surface area is 126 Å². The Hall–Kier alpha value is -1.84. The second-order valence-electron chi connectivity index (χ2n) is 5.65. The molecule has 0 aliphatic rings. The zero-order valence-electron chi connectivity index (χ0n) is 13.3. The highest BCUT2D eigenvalue weighted by atomic mass is 19.1. The predicted molar refractivity (Wildman–Crippen MR) is 85.1 cm³/mol. The highest BCUT2D eigenvalue weighted by Gasteiger charge is 2.07. The van der Waals surface area contributed by atoms with E-state index in [1.54, 1.807) is 13.8 Å². The summed E-state index contributed by atoms with van der Waals surface area (Å²) in [6.45, 7) is 9.42. The van der Waals surface area contributed by atoms with E-state index in [9.17, 15) is 4.39 Å². The van der Waals surface area contributed by atoms with Crippen molar-refractivity contribution >= 4 is 5.95 Å². The number of hydrogen-bond acceptors (Lipinski definition) is 2. The quantitative estimate of drug-likeness (QED) is 0.856. The number of nitrogens with one attached hydrogen (secondary N) is 1.